The monoisotopic (exact) mass is 255 g/mol. The van der Waals surface area contributed by atoms with E-state index >= 15 is 0 Å². The molecular weight excluding hydrogens is 234 g/mol. The minimum Gasteiger partial charge on any atom is -1.00 e. The van der Waals surface area contributed by atoms with Gasteiger partial charge in [-0.3, -0.25) is 0 Å². The van der Waals surface area contributed by atoms with Crippen molar-refractivity contribution in [2.24, 2.45) is 0 Å². The summed E-state index contributed by atoms with van der Waals surface area (Å²) in [6, 6.07) is 6.34. The molecule has 0 saturated carbocycles. The first-order chi connectivity index (χ1) is 7.48. The zero-order chi connectivity index (χ0) is 11.8. The normalized spacial score (nSPS) is 18.6. The van der Waals surface area contributed by atoms with Gasteiger partial charge in [0.25, 0.3) is 0 Å². The van der Waals surface area contributed by atoms with E-state index in [1.807, 2.05) is 6.07 Å². The molecule has 1 aromatic rings. The van der Waals surface area contributed by atoms with Gasteiger partial charge in [-0.15, -0.1) is 0 Å². The lowest BCUT2D eigenvalue weighted by atomic mass is 10.1. The van der Waals surface area contributed by atoms with Crippen LogP contribution in [0.2, 0.25) is 0 Å². The Hall–Kier alpha value is -0.930. The van der Waals surface area contributed by atoms with E-state index in [2.05, 4.69) is 38.1 Å². The zero-order valence-electron chi connectivity index (χ0n) is 10.9. The smallest absolute Gasteiger partial charge is 0.0961 e. The molecule has 3 nitrogen and oxygen atoms in total. The van der Waals surface area contributed by atoms with E-state index in [1.54, 1.807) is 0 Å². The van der Waals surface area contributed by atoms with E-state index < -0.39 is 0 Å². The van der Waals surface area contributed by atoms with Crippen LogP contribution >= 0.6 is 0 Å². The van der Waals surface area contributed by atoms with Crippen LogP contribution in [0, 0.1) is 6.92 Å². The van der Waals surface area contributed by atoms with Crippen LogP contribution in [0.3, 0.4) is 0 Å². The topological polar surface area (TPSA) is 29.3 Å². The largest absolute Gasteiger partial charge is 1.00 e. The third kappa shape index (κ3) is 3.27. The zero-order valence-corrected chi connectivity index (χ0v) is 11.7. The summed E-state index contributed by atoms with van der Waals surface area (Å²) in [6.45, 7) is 6.77. The summed E-state index contributed by atoms with van der Waals surface area (Å²) in [5.41, 5.74) is 9.21. The van der Waals surface area contributed by atoms with Crippen molar-refractivity contribution in [2.45, 2.75) is 6.92 Å². The number of halogens is 1. The lowest BCUT2D eigenvalue weighted by Crippen LogP contribution is -3.00. The van der Waals surface area contributed by atoms with Gasteiger partial charge < -0.3 is 27.5 Å². The third-order valence-corrected chi connectivity index (χ3v) is 3.57. The summed E-state index contributed by atoms with van der Waals surface area (Å²) in [6.07, 6.45) is 0. The Morgan fingerprint density at radius 2 is 1.76 bits per heavy atom. The second-order valence-corrected chi connectivity index (χ2v) is 5.41. The van der Waals surface area contributed by atoms with E-state index in [1.165, 1.54) is 24.3 Å². The van der Waals surface area contributed by atoms with Gasteiger partial charge in [-0.1, -0.05) is 0 Å². The lowest BCUT2D eigenvalue weighted by Gasteiger charge is -2.40. The molecular formula is C13H22ClN3. The Bertz CT molecular complexity index is 380. The molecule has 0 atom stereocenters. The molecule has 1 aliphatic heterocycles. The van der Waals surface area contributed by atoms with Crippen LogP contribution in [-0.2, 0) is 0 Å². The first-order valence-corrected chi connectivity index (χ1v) is 5.91. The molecule has 0 unspecified atom stereocenters. The number of piperazine rings is 1. The van der Waals surface area contributed by atoms with Crippen LogP contribution < -0.4 is 23.0 Å². The second kappa shape index (κ2) is 5.15. The Morgan fingerprint density at radius 1 is 1.18 bits per heavy atom. The molecule has 17 heavy (non-hydrogen) atoms. The maximum Gasteiger partial charge on any atom is 0.0961 e. The molecule has 1 saturated heterocycles. The SMILES string of the molecule is Cc1cc(N2CC[N+](C)(C)CC2)ccc1N.[Cl-]. The van der Waals surface area contributed by atoms with E-state index in [-0.39, 0.29) is 12.4 Å². The summed E-state index contributed by atoms with van der Waals surface area (Å²) in [5, 5.41) is 0. The standard InChI is InChI=1S/C13H22N3.ClH/c1-11-10-12(4-5-13(11)14)15-6-8-16(2,3)9-7-15;/h4-5,10H,6-9,14H2,1-3H3;1H/q+1;/p-1. The van der Waals surface area contributed by atoms with Gasteiger partial charge in [0.1, 0.15) is 0 Å². The van der Waals surface area contributed by atoms with E-state index in [0.29, 0.717) is 0 Å². The van der Waals surface area contributed by atoms with Gasteiger partial charge in [0.15, 0.2) is 0 Å². The van der Waals surface area contributed by atoms with Gasteiger partial charge >= 0.3 is 0 Å². The number of anilines is 2. The van der Waals surface area contributed by atoms with Crippen molar-refractivity contribution in [1.82, 2.24) is 0 Å². The molecule has 1 heterocycles. The van der Waals surface area contributed by atoms with Crippen molar-refractivity contribution in [3.8, 4) is 0 Å². The summed E-state index contributed by atoms with van der Waals surface area (Å²) < 4.78 is 1.13. The van der Waals surface area contributed by atoms with Gasteiger partial charge in [0.05, 0.1) is 40.3 Å². The van der Waals surface area contributed by atoms with Gasteiger partial charge in [-0.05, 0) is 30.7 Å². The van der Waals surface area contributed by atoms with Crippen molar-refractivity contribution in [1.29, 1.82) is 0 Å². The number of likely N-dealkylation sites (N-methyl/N-ethyl adjacent to an activating group) is 1. The fourth-order valence-corrected chi connectivity index (χ4v) is 2.12. The summed E-state index contributed by atoms with van der Waals surface area (Å²) in [5.74, 6) is 0. The molecule has 0 radical (unpaired) electrons. The van der Waals surface area contributed by atoms with Crippen molar-refractivity contribution >= 4 is 11.4 Å². The predicted octanol–water partition coefficient (Wildman–Crippen LogP) is -1.52. The number of hydrogen-bond donors (Lipinski definition) is 1. The first kappa shape index (κ1) is 14.1. The van der Waals surface area contributed by atoms with Crippen molar-refractivity contribution in [3.05, 3.63) is 23.8 Å². The molecule has 1 fully saturated rings. The molecule has 0 aliphatic carbocycles. The number of rotatable bonds is 1. The van der Waals surface area contributed by atoms with Crippen LogP contribution in [0.1, 0.15) is 5.56 Å². The van der Waals surface area contributed by atoms with Crippen LogP contribution in [0.4, 0.5) is 11.4 Å². The molecule has 0 bridgehead atoms. The fraction of sp³-hybridized carbons (Fsp3) is 0.538. The van der Waals surface area contributed by atoms with Crippen LogP contribution in [0.15, 0.2) is 18.2 Å². The van der Waals surface area contributed by atoms with Gasteiger partial charge in [0.2, 0.25) is 0 Å². The lowest BCUT2D eigenvalue weighted by molar-refractivity contribution is -0.890. The van der Waals surface area contributed by atoms with Crippen LogP contribution in [0.25, 0.3) is 0 Å². The average Bonchev–Trinajstić information content (AvgIpc) is 2.22. The summed E-state index contributed by atoms with van der Waals surface area (Å²) in [4.78, 5) is 2.45. The predicted molar refractivity (Wildman–Crippen MR) is 69.6 cm³/mol. The van der Waals surface area contributed by atoms with Crippen molar-refractivity contribution in [3.63, 3.8) is 0 Å². The minimum absolute atomic E-state index is 0. The van der Waals surface area contributed by atoms with Gasteiger partial charge in [0, 0.05) is 11.4 Å². The molecule has 0 aromatic heterocycles. The molecule has 0 amide bonds. The average molecular weight is 256 g/mol. The molecule has 2 rings (SSSR count). The first-order valence-electron chi connectivity index (χ1n) is 5.91. The highest BCUT2D eigenvalue weighted by atomic mass is 35.5. The van der Waals surface area contributed by atoms with E-state index in [0.717, 1.165) is 23.3 Å². The number of hydrogen-bond acceptors (Lipinski definition) is 2. The quantitative estimate of drug-likeness (QED) is 0.488. The van der Waals surface area contributed by atoms with Gasteiger partial charge in [-0.25, -0.2) is 0 Å². The molecule has 2 N–H and O–H groups in total. The van der Waals surface area contributed by atoms with Crippen molar-refractivity contribution < 1.29 is 16.9 Å². The number of nitrogen functional groups attached to an aromatic ring is 1. The maximum atomic E-state index is 5.84. The van der Waals surface area contributed by atoms with Crippen molar-refractivity contribution in [2.75, 3.05) is 50.9 Å². The Labute approximate surface area is 110 Å². The number of benzene rings is 1. The van der Waals surface area contributed by atoms with Gasteiger partial charge in [-0.2, -0.15) is 0 Å². The van der Waals surface area contributed by atoms with E-state index in [4.69, 9.17) is 5.73 Å². The molecule has 4 heteroatoms. The Morgan fingerprint density at radius 3 is 2.29 bits per heavy atom. The summed E-state index contributed by atoms with van der Waals surface area (Å²) in [7, 11) is 4.59. The van der Waals surface area contributed by atoms with E-state index in [9.17, 15) is 0 Å². The van der Waals surface area contributed by atoms with Crippen LogP contribution in [0.5, 0.6) is 0 Å². The number of aryl methyl sites for hydroxylation is 1. The fourth-order valence-electron chi connectivity index (χ4n) is 2.12. The highest BCUT2D eigenvalue weighted by Gasteiger charge is 2.24. The molecule has 0 spiro atoms. The summed E-state index contributed by atoms with van der Waals surface area (Å²) >= 11 is 0. The minimum atomic E-state index is 0. The maximum absolute atomic E-state index is 5.84. The van der Waals surface area contributed by atoms with Crippen LogP contribution in [-0.4, -0.2) is 44.8 Å². The third-order valence-electron chi connectivity index (χ3n) is 3.57. The second-order valence-electron chi connectivity index (χ2n) is 5.41. The molecule has 1 aromatic carbocycles. The molecule has 1 aliphatic rings. The highest BCUT2D eigenvalue weighted by Crippen LogP contribution is 2.22. The number of nitrogens with zero attached hydrogens (tertiary/aromatic N) is 2. The number of nitrogens with two attached hydrogens (primary N) is 1. The molecule has 96 valence electrons. The number of quaternary nitrogens is 1. The highest BCUT2D eigenvalue weighted by molar-refractivity contribution is 5.58. The Balaban J connectivity index is 0.00000144. The Kier molecular flexibility index (Phi) is 4.28.